The van der Waals surface area contributed by atoms with Crippen molar-refractivity contribution in [2.24, 2.45) is 5.41 Å². The first kappa shape index (κ1) is 29.9. The lowest BCUT2D eigenvalue weighted by Crippen LogP contribution is -2.41. The molecule has 0 unspecified atom stereocenters. The van der Waals surface area contributed by atoms with Crippen LogP contribution in [-0.2, 0) is 16.1 Å². The summed E-state index contributed by atoms with van der Waals surface area (Å²) in [6.45, 7) is 12.4. The highest BCUT2D eigenvalue weighted by molar-refractivity contribution is 5.93. The molecule has 0 aliphatic carbocycles. The van der Waals surface area contributed by atoms with E-state index in [0.29, 0.717) is 24.4 Å². The van der Waals surface area contributed by atoms with Crippen LogP contribution in [0.5, 0.6) is 5.75 Å². The first-order valence-corrected chi connectivity index (χ1v) is 15.1. The Morgan fingerprint density at radius 2 is 1.88 bits per heavy atom. The van der Waals surface area contributed by atoms with Crippen molar-refractivity contribution >= 4 is 23.3 Å². The number of hydrogen-bond donors (Lipinski definition) is 2. The van der Waals surface area contributed by atoms with Gasteiger partial charge in [0.2, 0.25) is 0 Å². The number of aryl methyl sites for hydroxylation is 1. The Morgan fingerprint density at radius 3 is 2.60 bits per heavy atom. The maximum absolute atomic E-state index is 13.4. The maximum atomic E-state index is 13.4. The van der Waals surface area contributed by atoms with Crippen molar-refractivity contribution < 1.29 is 24.2 Å². The van der Waals surface area contributed by atoms with Crippen LogP contribution in [0.25, 0.3) is 5.65 Å². The van der Waals surface area contributed by atoms with Crippen LogP contribution >= 0.6 is 0 Å². The zero-order valence-electron chi connectivity index (χ0n) is 25.5. The lowest BCUT2D eigenvalue weighted by molar-refractivity contribution is -0.160. The minimum atomic E-state index is -1.17. The van der Waals surface area contributed by atoms with Gasteiger partial charge in [-0.15, -0.1) is 0 Å². The molecule has 3 aromatic rings. The summed E-state index contributed by atoms with van der Waals surface area (Å²) in [4.78, 5) is 33.0. The number of pyridine rings is 1. The molecular weight excluding hydrogens is 532 g/mol. The average Bonchev–Trinajstić information content (AvgIpc) is 3.35. The van der Waals surface area contributed by atoms with Gasteiger partial charge in [-0.05, 0) is 76.5 Å². The summed E-state index contributed by atoms with van der Waals surface area (Å²) in [6.07, 6.45) is 6.91. The summed E-state index contributed by atoms with van der Waals surface area (Å²) in [5.74, 6) is 0.181. The van der Waals surface area contributed by atoms with Crippen molar-refractivity contribution in [2.75, 3.05) is 24.6 Å². The van der Waals surface area contributed by atoms with Gasteiger partial charge in [-0.25, -0.2) is 9.78 Å². The lowest BCUT2D eigenvalue weighted by Gasteiger charge is -2.42. The number of amides is 1. The molecule has 42 heavy (non-hydrogen) atoms. The van der Waals surface area contributed by atoms with Crippen molar-refractivity contribution in [3.05, 3.63) is 58.9 Å². The molecule has 1 saturated heterocycles. The van der Waals surface area contributed by atoms with Crippen molar-refractivity contribution in [2.45, 2.75) is 91.4 Å². The highest BCUT2D eigenvalue weighted by atomic mass is 16.5. The third-order valence-electron chi connectivity index (χ3n) is 8.53. The normalized spacial score (nSPS) is 18.9. The van der Waals surface area contributed by atoms with E-state index in [1.54, 1.807) is 6.20 Å². The molecule has 6 rings (SSSR count). The number of hydrogen-bond acceptors (Lipinski definition) is 6. The van der Waals surface area contributed by atoms with Gasteiger partial charge in [-0.3, -0.25) is 9.20 Å². The Balaban J connectivity index is 1.60. The smallest absolute Gasteiger partial charge is 0.337 e. The fraction of sp³-hybridized carbons (Fsp3) is 0.545. The van der Waals surface area contributed by atoms with Gasteiger partial charge in [0, 0.05) is 37.0 Å². The number of rotatable bonds is 3. The second-order valence-electron chi connectivity index (χ2n) is 13.1. The van der Waals surface area contributed by atoms with Gasteiger partial charge >= 0.3 is 5.97 Å². The minimum absolute atomic E-state index is 0.212. The molecule has 1 amide bonds. The minimum Gasteiger partial charge on any atom is -0.493 e. The van der Waals surface area contributed by atoms with E-state index in [1.165, 1.54) is 0 Å². The Hall–Kier alpha value is -3.59. The second kappa shape index (κ2) is 12.0. The van der Waals surface area contributed by atoms with Crippen LogP contribution in [0.1, 0.15) is 99.5 Å². The van der Waals surface area contributed by atoms with Gasteiger partial charge in [-0.1, -0.05) is 38.0 Å². The van der Waals surface area contributed by atoms with Crippen LogP contribution in [0.15, 0.2) is 36.5 Å². The molecule has 2 aromatic heterocycles. The molecule has 5 heterocycles. The van der Waals surface area contributed by atoms with Crippen molar-refractivity contribution in [1.29, 1.82) is 0 Å². The predicted octanol–water partition coefficient (Wildman–Crippen LogP) is 6.07. The van der Waals surface area contributed by atoms with Gasteiger partial charge in [0.1, 0.15) is 22.9 Å². The summed E-state index contributed by atoms with van der Waals surface area (Å²) < 4.78 is 14.2. The first-order chi connectivity index (χ1) is 19.9. The van der Waals surface area contributed by atoms with E-state index in [-0.39, 0.29) is 17.0 Å². The van der Waals surface area contributed by atoms with Crippen molar-refractivity contribution in [3.63, 3.8) is 0 Å². The van der Waals surface area contributed by atoms with Gasteiger partial charge in [0.15, 0.2) is 6.10 Å². The second-order valence-corrected chi connectivity index (χ2v) is 13.1. The first-order valence-electron chi connectivity index (χ1n) is 15.1. The van der Waals surface area contributed by atoms with Crippen LogP contribution in [-0.4, -0.2) is 51.7 Å². The SMILES string of the molecule is Cc1cc2nc3cn2c(c1[C@H](OC(C)(C)C)C(=O)O)N1CCC(C)(CCCCCOc2ccccc2CNC3=O)CC1. The molecule has 0 spiro atoms. The highest BCUT2D eigenvalue weighted by Crippen LogP contribution is 2.41. The molecule has 2 N–H and O–H groups in total. The Bertz CT molecular complexity index is 1450. The number of imidazole rings is 1. The number of nitrogens with one attached hydrogen (secondary N) is 1. The lowest BCUT2D eigenvalue weighted by atomic mass is 9.76. The number of carboxylic acids is 1. The number of carbonyl (C=O) groups excluding carboxylic acids is 1. The number of anilines is 1. The zero-order valence-corrected chi connectivity index (χ0v) is 25.5. The van der Waals surface area contributed by atoms with Gasteiger partial charge < -0.3 is 24.8 Å². The molecule has 1 fully saturated rings. The third-order valence-corrected chi connectivity index (χ3v) is 8.53. The molecule has 0 radical (unpaired) electrons. The fourth-order valence-electron chi connectivity index (χ4n) is 6.16. The molecule has 3 aliphatic rings. The fourth-order valence-corrected chi connectivity index (χ4v) is 6.16. The third kappa shape index (κ3) is 6.56. The summed E-state index contributed by atoms with van der Waals surface area (Å²) in [5.41, 5.74) is 2.70. The van der Waals surface area contributed by atoms with Crippen LogP contribution in [0.2, 0.25) is 0 Å². The molecule has 9 heteroatoms. The number of fused-ring (bicyclic) bond motifs is 9. The molecule has 226 valence electrons. The summed E-state index contributed by atoms with van der Waals surface area (Å²) in [6, 6.07) is 9.64. The summed E-state index contributed by atoms with van der Waals surface area (Å²) in [5, 5.41) is 13.4. The van der Waals surface area contributed by atoms with E-state index >= 15 is 0 Å². The number of para-hydroxylation sites is 1. The summed E-state index contributed by atoms with van der Waals surface area (Å²) in [7, 11) is 0. The number of carbonyl (C=O) groups is 2. The quantitative estimate of drug-likeness (QED) is 0.390. The molecule has 1 atom stereocenters. The van der Waals surface area contributed by atoms with E-state index in [2.05, 4.69) is 17.1 Å². The number of aliphatic carboxylic acids is 1. The van der Waals surface area contributed by atoms with Gasteiger partial charge in [-0.2, -0.15) is 0 Å². The average molecular weight is 577 g/mol. The number of nitrogens with zero attached hydrogens (tertiary/aromatic N) is 3. The number of benzene rings is 1. The van der Waals surface area contributed by atoms with Crippen molar-refractivity contribution in [3.8, 4) is 5.75 Å². The standard InChI is InChI=1S/C33H44N4O5/c1-22-19-26-35-24-21-37(26)30(27(22)28(31(39)40)42-32(2,3)4)36-16-14-33(5,15-17-36)13-9-6-10-18-41-25-12-8-7-11-23(25)20-34-29(24)38/h7-8,11-12,19,21,28H,6,9-10,13-18,20H2,1-5H3,(H,34,38)(H,39,40)/t28-/m0/s1. The van der Waals surface area contributed by atoms with E-state index in [0.717, 1.165) is 74.3 Å². The van der Waals surface area contributed by atoms with E-state index < -0.39 is 17.7 Å². The maximum Gasteiger partial charge on any atom is 0.337 e. The molecule has 1 aromatic carbocycles. The number of carboxylic acid groups (broad SMARTS) is 1. The number of aromatic nitrogens is 2. The number of ether oxygens (including phenoxy) is 2. The molecule has 4 bridgehead atoms. The Morgan fingerprint density at radius 1 is 1.14 bits per heavy atom. The van der Waals surface area contributed by atoms with Crippen LogP contribution in [0.3, 0.4) is 0 Å². The molecular formula is C33H44N4O5. The number of piperidine rings is 1. The molecule has 9 nitrogen and oxygen atoms in total. The predicted molar refractivity (Wildman–Crippen MR) is 162 cm³/mol. The Labute approximate surface area is 248 Å². The Kier molecular flexibility index (Phi) is 8.51. The molecule has 0 saturated carbocycles. The monoisotopic (exact) mass is 576 g/mol. The topological polar surface area (TPSA) is 105 Å². The van der Waals surface area contributed by atoms with E-state index in [1.807, 2.05) is 62.4 Å². The van der Waals surface area contributed by atoms with Crippen LogP contribution in [0, 0.1) is 12.3 Å². The largest absolute Gasteiger partial charge is 0.493 e. The van der Waals surface area contributed by atoms with Gasteiger partial charge in [0.25, 0.3) is 5.91 Å². The highest BCUT2D eigenvalue weighted by Gasteiger charge is 2.36. The van der Waals surface area contributed by atoms with Crippen LogP contribution in [0.4, 0.5) is 5.82 Å². The van der Waals surface area contributed by atoms with Crippen molar-refractivity contribution in [1.82, 2.24) is 14.7 Å². The van der Waals surface area contributed by atoms with E-state index in [4.69, 9.17) is 14.5 Å². The summed E-state index contributed by atoms with van der Waals surface area (Å²) >= 11 is 0. The molecule has 3 aliphatic heterocycles. The van der Waals surface area contributed by atoms with Crippen LogP contribution < -0.4 is 15.0 Å². The van der Waals surface area contributed by atoms with Gasteiger partial charge in [0.05, 0.1) is 12.2 Å². The van der Waals surface area contributed by atoms with E-state index in [9.17, 15) is 14.7 Å². The zero-order chi connectivity index (χ0) is 30.1.